The zero-order valence-electron chi connectivity index (χ0n) is 19.9. The summed E-state index contributed by atoms with van der Waals surface area (Å²) < 4.78 is 51.4. The molecule has 1 fully saturated rings. The molecule has 1 aromatic heterocycles. The van der Waals surface area contributed by atoms with E-state index in [4.69, 9.17) is 37.0 Å². The van der Waals surface area contributed by atoms with Crippen LogP contribution in [0.5, 0.6) is 5.75 Å². The van der Waals surface area contributed by atoms with Gasteiger partial charge in [-0.05, 0) is 31.5 Å². The molecule has 3 rings (SSSR count). The molecule has 2 heterocycles. The number of esters is 1. The Balaban J connectivity index is 1.87. The Morgan fingerprint density at radius 2 is 2.08 bits per heavy atom. The van der Waals surface area contributed by atoms with Crippen molar-refractivity contribution in [3.8, 4) is 5.75 Å². The molecule has 0 aliphatic carbocycles. The van der Waals surface area contributed by atoms with Crippen molar-refractivity contribution in [1.82, 2.24) is 14.6 Å². The Morgan fingerprint density at radius 1 is 1.38 bits per heavy atom. The van der Waals surface area contributed by atoms with Crippen LogP contribution in [0.1, 0.15) is 26.5 Å². The number of aromatic amines is 1. The summed E-state index contributed by atoms with van der Waals surface area (Å²) in [6, 6.07) is 3.86. The van der Waals surface area contributed by atoms with E-state index in [-0.39, 0.29) is 22.2 Å². The number of aromatic nitrogens is 2. The second kappa shape index (κ2) is 11.6. The molecule has 0 saturated carbocycles. The van der Waals surface area contributed by atoms with Crippen molar-refractivity contribution >= 4 is 36.9 Å². The van der Waals surface area contributed by atoms with Crippen molar-refractivity contribution in [3.63, 3.8) is 0 Å². The van der Waals surface area contributed by atoms with Crippen LogP contribution >= 0.6 is 30.9 Å². The molecule has 1 saturated heterocycles. The van der Waals surface area contributed by atoms with E-state index in [1.807, 2.05) is 4.98 Å². The standard InChI is InChI=1S/C21H25Cl2FN3O9P/c1-4-21(24)17(29)15(35-19(21)27-8-7-16(28)25-20(27)31)10-34-37(32,26-11(2)18(30)33-3)36-14-6-5-12(22)9-13(14)23/h5-9,11,15,17,19,29H,4,10H2,1-3H3,(H,26,32)(H,25,28,31)/t11-,15+,17+,19+,21+,37?/m0/s1. The molecule has 3 N–H and O–H groups in total. The van der Waals surface area contributed by atoms with Gasteiger partial charge in [0.15, 0.2) is 11.9 Å². The van der Waals surface area contributed by atoms with E-state index < -0.39 is 61.7 Å². The predicted molar refractivity (Wildman–Crippen MR) is 131 cm³/mol. The lowest BCUT2D eigenvalue weighted by Crippen LogP contribution is -2.45. The summed E-state index contributed by atoms with van der Waals surface area (Å²) in [4.78, 5) is 37.6. The molecule has 0 spiro atoms. The van der Waals surface area contributed by atoms with Crippen molar-refractivity contribution in [2.45, 2.75) is 50.4 Å². The van der Waals surface area contributed by atoms with E-state index in [1.54, 1.807) is 0 Å². The minimum Gasteiger partial charge on any atom is -0.468 e. The second-order valence-electron chi connectivity index (χ2n) is 8.10. The molecule has 6 atom stereocenters. The fourth-order valence-corrected chi connectivity index (χ4v) is 5.66. The molecule has 1 aliphatic rings. The van der Waals surface area contributed by atoms with Crippen LogP contribution in [0.3, 0.4) is 0 Å². The van der Waals surface area contributed by atoms with Gasteiger partial charge in [0.1, 0.15) is 24.0 Å². The highest BCUT2D eigenvalue weighted by molar-refractivity contribution is 7.52. The summed E-state index contributed by atoms with van der Waals surface area (Å²) in [5, 5.41) is 13.4. The van der Waals surface area contributed by atoms with E-state index in [0.717, 1.165) is 23.9 Å². The SMILES string of the molecule is CC[C@@]1(F)[C@H](O)[C@@H](COP(=O)(N[C@@H](C)C(=O)OC)Oc2ccc(Cl)cc2Cl)O[C@H]1n1ccc(=O)[nH]c1=O. The minimum absolute atomic E-state index is 0.0211. The monoisotopic (exact) mass is 583 g/mol. The molecular formula is C21H25Cl2FN3O9P. The van der Waals surface area contributed by atoms with Crippen molar-refractivity contribution < 1.29 is 37.4 Å². The zero-order valence-corrected chi connectivity index (χ0v) is 22.3. The van der Waals surface area contributed by atoms with Crippen LogP contribution in [0.2, 0.25) is 10.0 Å². The molecule has 12 nitrogen and oxygen atoms in total. The molecule has 0 amide bonds. The Hall–Kier alpha value is -2.25. The number of halogens is 3. The number of ether oxygens (including phenoxy) is 2. The summed E-state index contributed by atoms with van der Waals surface area (Å²) in [5.74, 6) is -0.907. The molecule has 1 aromatic carbocycles. The summed E-state index contributed by atoms with van der Waals surface area (Å²) in [5.41, 5.74) is -4.14. The number of alkyl halides is 1. The van der Waals surface area contributed by atoms with E-state index in [1.165, 1.54) is 32.0 Å². The van der Waals surface area contributed by atoms with E-state index in [2.05, 4.69) is 9.82 Å². The smallest absolute Gasteiger partial charge is 0.459 e. The number of rotatable bonds is 10. The van der Waals surface area contributed by atoms with Gasteiger partial charge in [-0.25, -0.2) is 13.8 Å². The first-order valence-corrected chi connectivity index (χ1v) is 13.2. The Bertz CT molecular complexity index is 1310. The maximum atomic E-state index is 15.8. The Labute approximate surface area is 220 Å². The highest BCUT2D eigenvalue weighted by Crippen LogP contribution is 2.49. The molecule has 1 aliphatic heterocycles. The van der Waals surface area contributed by atoms with Gasteiger partial charge in [-0.3, -0.25) is 23.7 Å². The molecule has 2 aromatic rings. The first-order valence-electron chi connectivity index (χ1n) is 10.9. The largest absolute Gasteiger partial charge is 0.468 e. The van der Waals surface area contributed by atoms with Crippen molar-refractivity contribution in [1.29, 1.82) is 0 Å². The molecule has 0 bridgehead atoms. The van der Waals surface area contributed by atoms with Gasteiger partial charge in [0.25, 0.3) is 5.56 Å². The number of hydrogen-bond acceptors (Lipinski definition) is 9. The van der Waals surface area contributed by atoms with Crippen molar-refractivity contribution in [3.05, 3.63) is 61.3 Å². The highest BCUT2D eigenvalue weighted by atomic mass is 35.5. The third kappa shape index (κ3) is 6.43. The molecular weight excluding hydrogens is 559 g/mol. The fourth-order valence-electron chi connectivity index (χ4n) is 3.64. The number of aliphatic hydroxyl groups excluding tert-OH is 1. The first kappa shape index (κ1) is 29.3. The van der Waals surface area contributed by atoms with Gasteiger partial charge in [-0.2, -0.15) is 5.09 Å². The second-order valence-corrected chi connectivity index (χ2v) is 10.6. The number of hydrogen-bond donors (Lipinski definition) is 3. The van der Waals surface area contributed by atoms with Gasteiger partial charge in [-0.1, -0.05) is 30.1 Å². The van der Waals surface area contributed by atoms with E-state index in [9.17, 15) is 24.1 Å². The van der Waals surface area contributed by atoms with Gasteiger partial charge in [0, 0.05) is 17.3 Å². The molecule has 204 valence electrons. The summed E-state index contributed by atoms with van der Waals surface area (Å²) in [7, 11) is -3.33. The van der Waals surface area contributed by atoms with Crippen molar-refractivity contribution in [2.75, 3.05) is 13.7 Å². The molecule has 0 radical (unpaired) electrons. The average molecular weight is 584 g/mol. The van der Waals surface area contributed by atoms with Crippen LogP contribution < -0.4 is 20.9 Å². The quantitative estimate of drug-likeness (QED) is 0.280. The first-order chi connectivity index (χ1) is 17.3. The van der Waals surface area contributed by atoms with Gasteiger partial charge < -0.3 is 19.1 Å². The fraction of sp³-hybridized carbons (Fsp3) is 0.476. The zero-order chi connectivity index (χ0) is 27.5. The van der Waals surface area contributed by atoms with Gasteiger partial charge in [-0.15, -0.1) is 0 Å². The number of benzene rings is 1. The van der Waals surface area contributed by atoms with Crippen LogP contribution in [0.15, 0.2) is 40.1 Å². The molecule has 1 unspecified atom stereocenters. The van der Waals surface area contributed by atoms with Crippen LogP contribution in [-0.4, -0.2) is 58.3 Å². The number of nitrogens with one attached hydrogen (secondary N) is 2. The van der Waals surface area contributed by atoms with Crippen LogP contribution in [0.4, 0.5) is 4.39 Å². The van der Waals surface area contributed by atoms with Gasteiger partial charge in [0.2, 0.25) is 0 Å². The van der Waals surface area contributed by atoms with Gasteiger partial charge >= 0.3 is 19.4 Å². The lowest BCUT2D eigenvalue weighted by molar-refractivity contribution is -0.142. The van der Waals surface area contributed by atoms with Crippen molar-refractivity contribution in [2.24, 2.45) is 0 Å². The number of carbonyl (C=O) groups excluding carboxylic acids is 1. The number of H-pyrrole nitrogens is 1. The lowest BCUT2D eigenvalue weighted by Gasteiger charge is -2.28. The summed E-state index contributed by atoms with van der Waals surface area (Å²) >= 11 is 12.0. The predicted octanol–water partition coefficient (Wildman–Crippen LogP) is 2.57. The van der Waals surface area contributed by atoms with Crippen LogP contribution in [-0.2, 0) is 23.4 Å². The summed E-state index contributed by atoms with van der Waals surface area (Å²) in [6.07, 6.45) is -4.18. The maximum Gasteiger partial charge on any atom is 0.459 e. The minimum atomic E-state index is -4.45. The van der Waals surface area contributed by atoms with Crippen LogP contribution in [0, 0.1) is 0 Å². The topological polar surface area (TPSA) is 158 Å². The van der Waals surface area contributed by atoms with E-state index in [0.29, 0.717) is 0 Å². The third-order valence-corrected chi connectivity index (χ3v) is 7.79. The Kier molecular flexibility index (Phi) is 9.23. The number of nitrogens with zero attached hydrogens (tertiary/aromatic N) is 1. The highest BCUT2D eigenvalue weighted by Gasteiger charge is 2.57. The average Bonchev–Trinajstić information content (AvgIpc) is 3.09. The van der Waals surface area contributed by atoms with Gasteiger partial charge in [0.05, 0.1) is 18.7 Å². The Morgan fingerprint density at radius 3 is 2.68 bits per heavy atom. The van der Waals surface area contributed by atoms with E-state index >= 15 is 4.39 Å². The third-order valence-electron chi connectivity index (χ3n) is 5.63. The number of aliphatic hydroxyl groups is 1. The summed E-state index contributed by atoms with van der Waals surface area (Å²) in [6.45, 7) is 2.05. The number of carbonyl (C=O) groups is 1. The maximum absolute atomic E-state index is 15.8. The molecule has 37 heavy (non-hydrogen) atoms. The number of methoxy groups -OCH3 is 1. The normalized spacial score (nSPS) is 25.9. The molecule has 16 heteroatoms. The lowest BCUT2D eigenvalue weighted by atomic mass is 9.93. The van der Waals surface area contributed by atoms with Crippen LogP contribution in [0.25, 0.3) is 0 Å².